The molecule has 0 saturated carbocycles. The normalized spacial score (nSPS) is 12.3. The molecule has 0 amide bonds. The van der Waals surface area contributed by atoms with Gasteiger partial charge in [-0.3, -0.25) is 0 Å². The van der Waals surface area contributed by atoms with E-state index in [1.54, 1.807) is 0 Å². The maximum atomic E-state index is 5.30. The molecule has 0 bridgehead atoms. The molecule has 0 aliphatic rings. The minimum absolute atomic E-state index is 0.378. The summed E-state index contributed by atoms with van der Waals surface area (Å²) in [6.07, 6.45) is 2.88. The number of rotatable bonds is 4. The summed E-state index contributed by atoms with van der Waals surface area (Å²) in [4.78, 5) is 4.49. The fourth-order valence-electron chi connectivity index (χ4n) is 0.547. The number of hydrogen-bond acceptors (Lipinski definition) is 3. The van der Waals surface area contributed by atoms with Gasteiger partial charge < -0.3 is 10.6 Å². The Kier molecular flexibility index (Phi) is 4.98. The zero-order chi connectivity index (χ0) is 7.98. The monoisotopic (exact) mass is 144 g/mol. The van der Waals surface area contributed by atoms with Crippen LogP contribution in [0.1, 0.15) is 20.3 Å². The second-order valence-electron chi connectivity index (χ2n) is 2.62. The first kappa shape index (κ1) is 9.46. The van der Waals surface area contributed by atoms with Crippen LogP contribution in [0.4, 0.5) is 0 Å². The Balaban J connectivity index is 3.63. The van der Waals surface area contributed by atoms with Gasteiger partial charge in [-0.25, -0.2) is 0 Å². The highest BCUT2D eigenvalue weighted by Gasteiger charge is 1.93. The van der Waals surface area contributed by atoms with E-state index >= 15 is 0 Å². The van der Waals surface area contributed by atoms with Gasteiger partial charge in [0.1, 0.15) is 5.76 Å². The van der Waals surface area contributed by atoms with Crippen LogP contribution in [0, 0.1) is 5.92 Å². The molecule has 3 nitrogen and oxygen atoms in total. The van der Waals surface area contributed by atoms with Crippen molar-refractivity contribution in [2.24, 2.45) is 17.5 Å². The molecule has 0 atom stereocenters. The molecule has 0 aromatic carbocycles. The van der Waals surface area contributed by atoms with Crippen molar-refractivity contribution in [1.29, 1.82) is 0 Å². The highest BCUT2D eigenvalue weighted by molar-refractivity contribution is 4.93. The average Bonchev–Trinajstić information content (AvgIpc) is 1.90. The van der Waals surface area contributed by atoms with E-state index in [-0.39, 0.29) is 0 Å². The fourth-order valence-corrected chi connectivity index (χ4v) is 0.547. The fraction of sp³-hybridized carbons (Fsp3) is 0.714. The maximum Gasteiger partial charge on any atom is 0.133 e. The zero-order valence-electron chi connectivity index (χ0n) is 6.63. The molecule has 0 saturated heterocycles. The summed E-state index contributed by atoms with van der Waals surface area (Å²) in [6, 6.07) is 0. The second kappa shape index (κ2) is 5.26. The van der Waals surface area contributed by atoms with Crippen LogP contribution in [0.2, 0.25) is 0 Å². The molecule has 0 spiro atoms. The molecule has 0 fully saturated rings. The minimum Gasteiger partial charge on any atom is -0.415 e. The molecule has 0 rings (SSSR count). The summed E-state index contributed by atoms with van der Waals surface area (Å²) >= 11 is 0. The Morgan fingerprint density at radius 3 is 2.50 bits per heavy atom. The Bertz CT molecular complexity index is 104. The molecule has 3 heteroatoms. The van der Waals surface area contributed by atoms with Gasteiger partial charge in [-0.15, -0.1) is 0 Å². The SMILES string of the molecule is CC(C)C/C=C(/CN)ON. The summed E-state index contributed by atoms with van der Waals surface area (Å²) in [7, 11) is 0. The molecular formula is C7H16N2O. The third kappa shape index (κ3) is 4.35. The van der Waals surface area contributed by atoms with E-state index < -0.39 is 0 Å². The lowest BCUT2D eigenvalue weighted by Gasteiger charge is -2.02. The van der Waals surface area contributed by atoms with Crippen LogP contribution >= 0.6 is 0 Å². The van der Waals surface area contributed by atoms with Gasteiger partial charge in [0.05, 0.1) is 6.54 Å². The predicted octanol–water partition coefficient (Wildman–Crippen LogP) is 0.765. The van der Waals surface area contributed by atoms with Crippen molar-refractivity contribution in [2.45, 2.75) is 20.3 Å². The van der Waals surface area contributed by atoms with Gasteiger partial charge in [0.2, 0.25) is 0 Å². The minimum atomic E-state index is 0.378. The topological polar surface area (TPSA) is 61.3 Å². The van der Waals surface area contributed by atoms with Crippen LogP contribution in [0.25, 0.3) is 0 Å². The number of nitrogens with two attached hydrogens (primary N) is 2. The van der Waals surface area contributed by atoms with Gasteiger partial charge in [-0.1, -0.05) is 13.8 Å². The van der Waals surface area contributed by atoms with E-state index in [9.17, 15) is 0 Å². The van der Waals surface area contributed by atoms with Gasteiger partial charge in [-0.05, 0) is 18.4 Å². The summed E-state index contributed by atoms with van der Waals surface area (Å²) in [5.41, 5.74) is 5.30. The van der Waals surface area contributed by atoms with Gasteiger partial charge >= 0.3 is 0 Å². The summed E-state index contributed by atoms with van der Waals surface area (Å²) < 4.78 is 0. The molecule has 10 heavy (non-hydrogen) atoms. The van der Waals surface area contributed by atoms with Gasteiger partial charge in [0, 0.05) is 0 Å². The maximum absolute atomic E-state index is 5.30. The molecule has 60 valence electrons. The molecule has 0 aliphatic heterocycles. The van der Waals surface area contributed by atoms with Crippen molar-refractivity contribution in [3.8, 4) is 0 Å². The van der Waals surface area contributed by atoms with Gasteiger partial charge in [0.25, 0.3) is 0 Å². The van der Waals surface area contributed by atoms with Gasteiger partial charge in [0.15, 0.2) is 0 Å². The lowest BCUT2D eigenvalue weighted by atomic mass is 10.1. The van der Waals surface area contributed by atoms with E-state index in [0.29, 0.717) is 18.2 Å². The van der Waals surface area contributed by atoms with Gasteiger partial charge in [-0.2, -0.15) is 5.90 Å². The molecule has 0 aromatic heterocycles. The van der Waals surface area contributed by atoms with Crippen molar-refractivity contribution in [3.63, 3.8) is 0 Å². The standard InChI is InChI=1S/C7H16N2O/c1-6(2)3-4-7(5-8)10-9/h4,6H,3,5,8-9H2,1-2H3/b7-4-. The van der Waals surface area contributed by atoms with E-state index in [1.807, 2.05) is 6.08 Å². The average molecular weight is 144 g/mol. The van der Waals surface area contributed by atoms with Crippen molar-refractivity contribution in [1.82, 2.24) is 0 Å². The summed E-state index contributed by atoms with van der Waals surface area (Å²) in [5.74, 6) is 6.20. The van der Waals surface area contributed by atoms with Crippen LogP contribution in [0.3, 0.4) is 0 Å². The molecule has 4 N–H and O–H groups in total. The highest BCUT2D eigenvalue weighted by atomic mass is 16.6. The Hall–Kier alpha value is -0.540. The second-order valence-corrected chi connectivity index (χ2v) is 2.62. The van der Waals surface area contributed by atoms with E-state index in [1.165, 1.54) is 0 Å². The van der Waals surface area contributed by atoms with Crippen LogP contribution in [-0.4, -0.2) is 6.54 Å². The van der Waals surface area contributed by atoms with E-state index in [2.05, 4.69) is 18.7 Å². The van der Waals surface area contributed by atoms with Crippen molar-refractivity contribution in [3.05, 3.63) is 11.8 Å². The lowest BCUT2D eigenvalue weighted by molar-refractivity contribution is 0.215. The molecule has 0 unspecified atom stereocenters. The molecule has 0 aromatic rings. The summed E-state index contributed by atoms with van der Waals surface area (Å²) in [6.45, 7) is 4.63. The van der Waals surface area contributed by atoms with Crippen LogP contribution in [0.5, 0.6) is 0 Å². The first-order valence-corrected chi connectivity index (χ1v) is 3.46. The van der Waals surface area contributed by atoms with Crippen LogP contribution in [-0.2, 0) is 4.84 Å². The largest absolute Gasteiger partial charge is 0.415 e. The molecule has 0 radical (unpaired) electrons. The molecule has 0 heterocycles. The van der Waals surface area contributed by atoms with E-state index in [0.717, 1.165) is 6.42 Å². The molecular weight excluding hydrogens is 128 g/mol. The summed E-state index contributed by atoms with van der Waals surface area (Å²) in [5, 5.41) is 0. The number of hydrogen-bond donors (Lipinski definition) is 2. The van der Waals surface area contributed by atoms with Crippen LogP contribution < -0.4 is 11.6 Å². The Morgan fingerprint density at radius 1 is 1.60 bits per heavy atom. The Labute approximate surface area is 62.0 Å². The smallest absolute Gasteiger partial charge is 0.133 e. The quantitative estimate of drug-likeness (QED) is 0.452. The van der Waals surface area contributed by atoms with Crippen molar-refractivity contribution >= 4 is 0 Å². The third-order valence-corrected chi connectivity index (χ3v) is 1.17. The van der Waals surface area contributed by atoms with Crippen molar-refractivity contribution < 1.29 is 4.84 Å². The Morgan fingerprint density at radius 2 is 2.20 bits per heavy atom. The first-order chi connectivity index (χ1) is 4.70. The van der Waals surface area contributed by atoms with Crippen LogP contribution in [0.15, 0.2) is 11.8 Å². The first-order valence-electron chi connectivity index (χ1n) is 3.46. The predicted molar refractivity (Wildman–Crippen MR) is 41.9 cm³/mol. The number of allylic oxidation sites excluding steroid dienone is 1. The molecule has 0 aliphatic carbocycles. The van der Waals surface area contributed by atoms with E-state index in [4.69, 9.17) is 11.6 Å². The lowest BCUT2D eigenvalue weighted by Crippen LogP contribution is -2.10. The highest BCUT2D eigenvalue weighted by Crippen LogP contribution is 2.02. The third-order valence-electron chi connectivity index (χ3n) is 1.17. The zero-order valence-corrected chi connectivity index (χ0v) is 6.63. The van der Waals surface area contributed by atoms with Crippen molar-refractivity contribution in [2.75, 3.05) is 6.54 Å².